The van der Waals surface area contributed by atoms with Gasteiger partial charge < -0.3 is 15.0 Å². The van der Waals surface area contributed by atoms with Crippen molar-refractivity contribution < 1.29 is 14.7 Å². The lowest BCUT2D eigenvalue weighted by atomic mass is 10.1. The van der Waals surface area contributed by atoms with Crippen molar-refractivity contribution in [3.63, 3.8) is 0 Å². The van der Waals surface area contributed by atoms with E-state index in [0.29, 0.717) is 5.69 Å². The van der Waals surface area contributed by atoms with Gasteiger partial charge in [0.15, 0.2) is 0 Å². The highest BCUT2D eigenvalue weighted by atomic mass is 32.1. The van der Waals surface area contributed by atoms with Gasteiger partial charge in [-0.3, -0.25) is 9.78 Å². The Balaban J connectivity index is 1.72. The number of aryl methyl sites for hydroxylation is 1. The fraction of sp³-hybridized carbons (Fsp3) is 0.0526. The maximum absolute atomic E-state index is 12.6. The van der Waals surface area contributed by atoms with Gasteiger partial charge in [-0.1, -0.05) is 12.1 Å². The van der Waals surface area contributed by atoms with E-state index in [1.165, 1.54) is 23.5 Å². The van der Waals surface area contributed by atoms with E-state index in [1.807, 2.05) is 23.9 Å². The van der Waals surface area contributed by atoms with Crippen molar-refractivity contribution in [2.45, 2.75) is 0 Å². The molecule has 3 heterocycles. The van der Waals surface area contributed by atoms with Gasteiger partial charge in [0.2, 0.25) is 0 Å². The number of hydrogen-bond donors (Lipinski definition) is 2. The number of anilines is 1. The van der Waals surface area contributed by atoms with E-state index in [2.05, 4.69) is 15.3 Å². The molecule has 0 atom stereocenters. The second-order valence-electron chi connectivity index (χ2n) is 5.92. The SMILES string of the molecule is Cn1cc(-c2cncs2)c2cc(NC(=O)c3ccccc3C(=O)O)cnc21. The predicted molar refractivity (Wildman–Crippen MR) is 103 cm³/mol. The maximum Gasteiger partial charge on any atom is 0.336 e. The monoisotopic (exact) mass is 378 g/mol. The third kappa shape index (κ3) is 3.06. The second-order valence-corrected chi connectivity index (χ2v) is 6.81. The number of carboxylic acid groups (broad SMARTS) is 1. The fourth-order valence-corrected chi connectivity index (χ4v) is 3.59. The van der Waals surface area contributed by atoms with Gasteiger partial charge in [0.05, 0.1) is 33.4 Å². The molecule has 134 valence electrons. The van der Waals surface area contributed by atoms with Crippen LogP contribution in [0.3, 0.4) is 0 Å². The van der Waals surface area contributed by atoms with Gasteiger partial charge >= 0.3 is 5.97 Å². The second kappa shape index (κ2) is 6.65. The lowest BCUT2D eigenvalue weighted by Crippen LogP contribution is -2.16. The van der Waals surface area contributed by atoms with Crippen LogP contribution in [0.4, 0.5) is 5.69 Å². The van der Waals surface area contributed by atoms with Gasteiger partial charge in [-0.25, -0.2) is 9.78 Å². The lowest BCUT2D eigenvalue weighted by molar-refractivity contribution is 0.0692. The molecule has 27 heavy (non-hydrogen) atoms. The minimum absolute atomic E-state index is 0.0471. The molecule has 0 radical (unpaired) electrons. The number of thiazole rings is 1. The van der Waals surface area contributed by atoms with Crippen LogP contribution in [0.25, 0.3) is 21.5 Å². The van der Waals surface area contributed by atoms with E-state index < -0.39 is 11.9 Å². The number of hydrogen-bond acceptors (Lipinski definition) is 5. The van der Waals surface area contributed by atoms with E-state index in [0.717, 1.165) is 21.5 Å². The lowest BCUT2D eigenvalue weighted by Gasteiger charge is -2.08. The summed E-state index contributed by atoms with van der Waals surface area (Å²) in [6.07, 6.45) is 5.31. The number of nitrogens with zero attached hydrogens (tertiary/aromatic N) is 3. The number of benzene rings is 1. The highest BCUT2D eigenvalue weighted by Crippen LogP contribution is 2.32. The average Bonchev–Trinajstić information content (AvgIpc) is 3.30. The van der Waals surface area contributed by atoms with Gasteiger partial charge in [-0.15, -0.1) is 11.3 Å². The van der Waals surface area contributed by atoms with Gasteiger partial charge in [0.25, 0.3) is 5.91 Å². The average molecular weight is 378 g/mol. The van der Waals surface area contributed by atoms with Crippen LogP contribution in [0.15, 0.2) is 54.4 Å². The van der Waals surface area contributed by atoms with Gasteiger partial charge in [-0.05, 0) is 18.2 Å². The number of carboxylic acids is 1. The Kier molecular flexibility index (Phi) is 4.17. The quantitative estimate of drug-likeness (QED) is 0.565. The summed E-state index contributed by atoms with van der Waals surface area (Å²) in [4.78, 5) is 33.5. The fourth-order valence-electron chi connectivity index (χ4n) is 2.94. The molecule has 1 amide bonds. The van der Waals surface area contributed by atoms with Crippen molar-refractivity contribution in [1.29, 1.82) is 0 Å². The summed E-state index contributed by atoms with van der Waals surface area (Å²) < 4.78 is 1.91. The number of carbonyl (C=O) groups is 2. The third-order valence-electron chi connectivity index (χ3n) is 4.17. The van der Waals surface area contributed by atoms with Crippen LogP contribution in [0.5, 0.6) is 0 Å². The Labute approximate surface area is 157 Å². The number of fused-ring (bicyclic) bond motifs is 1. The zero-order valence-corrected chi connectivity index (χ0v) is 15.0. The standard InChI is InChI=1S/C19H14N4O3S/c1-23-9-15(16-8-20-10-27-16)14-6-11(7-21-17(14)23)22-18(24)12-4-2-3-5-13(12)19(25)26/h2-10H,1H3,(H,22,24)(H,25,26). The van der Waals surface area contributed by atoms with Crippen LogP contribution in [0.2, 0.25) is 0 Å². The summed E-state index contributed by atoms with van der Waals surface area (Å²) in [5.41, 5.74) is 4.06. The van der Waals surface area contributed by atoms with E-state index >= 15 is 0 Å². The Hall–Kier alpha value is -3.52. The summed E-state index contributed by atoms with van der Waals surface area (Å²) in [7, 11) is 1.90. The smallest absolute Gasteiger partial charge is 0.336 e. The molecule has 0 unspecified atom stereocenters. The molecule has 3 aromatic heterocycles. The molecule has 1 aromatic carbocycles. The van der Waals surface area contributed by atoms with Crippen molar-refractivity contribution >= 4 is 39.9 Å². The largest absolute Gasteiger partial charge is 0.478 e. The molecule has 0 saturated heterocycles. The molecular formula is C19H14N4O3S. The third-order valence-corrected chi connectivity index (χ3v) is 4.98. The van der Waals surface area contributed by atoms with Crippen LogP contribution in [-0.4, -0.2) is 31.5 Å². The van der Waals surface area contributed by atoms with Crippen LogP contribution in [0, 0.1) is 0 Å². The highest BCUT2D eigenvalue weighted by Gasteiger charge is 2.17. The van der Waals surface area contributed by atoms with Gasteiger partial charge in [0, 0.05) is 30.4 Å². The number of aromatic carboxylic acids is 1. The molecule has 0 aliphatic rings. The first kappa shape index (κ1) is 16.9. The topological polar surface area (TPSA) is 97.1 Å². The van der Waals surface area contributed by atoms with Gasteiger partial charge in [-0.2, -0.15) is 0 Å². The molecule has 0 aliphatic carbocycles. The molecule has 0 fully saturated rings. The Morgan fingerprint density at radius 2 is 1.96 bits per heavy atom. The number of aromatic nitrogens is 3. The molecule has 0 spiro atoms. The first-order valence-corrected chi connectivity index (χ1v) is 8.90. The predicted octanol–water partition coefficient (Wildman–Crippen LogP) is 3.65. The minimum atomic E-state index is -1.15. The van der Waals surface area contributed by atoms with E-state index in [9.17, 15) is 14.7 Å². The van der Waals surface area contributed by atoms with E-state index in [-0.39, 0.29) is 11.1 Å². The molecule has 7 nitrogen and oxygen atoms in total. The number of pyridine rings is 1. The number of rotatable bonds is 4. The zero-order chi connectivity index (χ0) is 19.0. The number of carbonyl (C=O) groups excluding carboxylic acids is 1. The minimum Gasteiger partial charge on any atom is -0.478 e. The number of amides is 1. The van der Waals surface area contributed by atoms with Crippen molar-refractivity contribution in [2.75, 3.05) is 5.32 Å². The first-order valence-electron chi connectivity index (χ1n) is 8.02. The highest BCUT2D eigenvalue weighted by molar-refractivity contribution is 7.13. The maximum atomic E-state index is 12.6. The molecule has 0 aliphatic heterocycles. The van der Waals surface area contributed by atoms with Crippen LogP contribution >= 0.6 is 11.3 Å². The Bertz CT molecular complexity index is 1170. The normalized spacial score (nSPS) is 10.9. The molecular weight excluding hydrogens is 364 g/mol. The Morgan fingerprint density at radius 1 is 1.19 bits per heavy atom. The summed E-state index contributed by atoms with van der Waals surface area (Å²) in [6.45, 7) is 0. The van der Waals surface area contributed by atoms with Crippen molar-refractivity contribution in [3.8, 4) is 10.4 Å². The zero-order valence-electron chi connectivity index (χ0n) is 14.2. The van der Waals surface area contributed by atoms with Crippen LogP contribution in [0.1, 0.15) is 20.7 Å². The summed E-state index contributed by atoms with van der Waals surface area (Å²) in [6, 6.07) is 7.92. The molecule has 8 heteroatoms. The molecule has 0 bridgehead atoms. The van der Waals surface area contributed by atoms with Gasteiger partial charge in [0.1, 0.15) is 5.65 Å². The number of nitrogens with one attached hydrogen (secondary N) is 1. The summed E-state index contributed by atoms with van der Waals surface area (Å²) in [5.74, 6) is -1.64. The molecule has 4 rings (SSSR count). The molecule has 4 aromatic rings. The van der Waals surface area contributed by atoms with Crippen molar-refractivity contribution in [1.82, 2.24) is 14.5 Å². The van der Waals surface area contributed by atoms with Crippen molar-refractivity contribution in [2.24, 2.45) is 7.05 Å². The summed E-state index contributed by atoms with van der Waals surface area (Å²) >= 11 is 1.52. The first-order chi connectivity index (χ1) is 13.0. The van der Waals surface area contributed by atoms with Crippen molar-refractivity contribution in [3.05, 3.63) is 65.6 Å². The summed E-state index contributed by atoms with van der Waals surface area (Å²) in [5, 5.41) is 12.9. The van der Waals surface area contributed by atoms with Crippen LogP contribution in [-0.2, 0) is 7.05 Å². The molecule has 2 N–H and O–H groups in total. The van der Waals surface area contributed by atoms with Crippen LogP contribution < -0.4 is 5.32 Å². The van der Waals surface area contributed by atoms with E-state index in [1.54, 1.807) is 30.0 Å². The Morgan fingerprint density at radius 3 is 2.67 bits per heavy atom. The molecule has 0 saturated carbocycles. The van der Waals surface area contributed by atoms with E-state index in [4.69, 9.17) is 0 Å².